The van der Waals surface area contributed by atoms with Crippen LogP contribution < -0.4 is 20.1 Å². The summed E-state index contributed by atoms with van der Waals surface area (Å²) < 4.78 is 10.9. The molecule has 1 aromatic heterocycles. The van der Waals surface area contributed by atoms with Gasteiger partial charge < -0.3 is 20.1 Å². The molecule has 0 saturated carbocycles. The molecule has 1 heterocycles. The lowest BCUT2D eigenvalue weighted by molar-refractivity contribution is 0.409. The molecule has 0 unspecified atom stereocenters. The molecule has 5 nitrogen and oxygen atoms in total. The molecular weight excluding hydrogens is 254 g/mol. The molecule has 0 spiro atoms. The summed E-state index contributed by atoms with van der Waals surface area (Å²) in [4.78, 5) is 6.70. The Kier molecular flexibility index (Phi) is 3.99. The van der Waals surface area contributed by atoms with Gasteiger partial charge in [-0.15, -0.1) is 0 Å². The molecule has 2 rings (SSSR count). The summed E-state index contributed by atoms with van der Waals surface area (Å²) in [5.74, 6) is 1.50. The first kappa shape index (κ1) is 14.4. The lowest BCUT2D eigenvalue weighted by Gasteiger charge is -2.23. The van der Waals surface area contributed by atoms with Gasteiger partial charge in [-0.25, -0.2) is 4.98 Å². The Balaban J connectivity index is 3.00. The van der Waals surface area contributed by atoms with Crippen LogP contribution in [0.4, 0.5) is 5.69 Å². The number of aromatic nitrogens is 1. The van der Waals surface area contributed by atoms with Crippen LogP contribution in [0.3, 0.4) is 0 Å². The van der Waals surface area contributed by atoms with Gasteiger partial charge in [0.05, 0.1) is 25.3 Å². The minimum atomic E-state index is 0.433. The minimum Gasteiger partial charge on any atom is -0.496 e. The maximum Gasteiger partial charge on any atom is 0.145 e. The van der Waals surface area contributed by atoms with E-state index in [1.54, 1.807) is 14.2 Å². The van der Waals surface area contributed by atoms with Crippen molar-refractivity contribution in [2.75, 3.05) is 33.2 Å². The number of rotatable bonds is 4. The third-order valence-electron chi connectivity index (χ3n) is 3.43. The van der Waals surface area contributed by atoms with Crippen molar-refractivity contribution in [2.24, 2.45) is 5.73 Å². The van der Waals surface area contributed by atoms with Crippen LogP contribution in [0.25, 0.3) is 10.9 Å². The van der Waals surface area contributed by atoms with Gasteiger partial charge in [-0.05, 0) is 19.1 Å². The quantitative estimate of drug-likeness (QED) is 0.925. The van der Waals surface area contributed by atoms with E-state index in [1.807, 2.05) is 38.1 Å². The average molecular weight is 275 g/mol. The molecule has 0 aliphatic rings. The topological polar surface area (TPSA) is 60.6 Å². The second kappa shape index (κ2) is 5.54. The van der Waals surface area contributed by atoms with Crippen LogP contribution in [0.1, 0.15) is 11.3 Å². The van der Waals surface area contributed by atoms with E-state index in [1.165, 1.54) is 0 Å². The number of hydrogen-bond donors (Lipinski definition) is 1. The van der Waals surface area contributed by atoms with Gasteiger partial charge in [-0.1, -0.05) is 0 Å². The fourth-order valence-corrected chi connectivity index (χ4v) is 2.52. The Bertz CT molecular complexity index is 639. The first-order valence-electron chi connectivity index (χ1n) is 6.46. The van der Waals surface area contributed by atoms with Crippen LogP contribution in [0.15, 0.2) is 12.1 Å². The predicted molar refractivity (Wildman–Crippen MR) is 81.8 cm³/mol. The number of aryl methyl sites for hydroxylation is 1. The molecule has 0 radical (unpaired) electrons. The molecule has 0 atom stereocenters. The SMILES string of the molecule is COc1ccc(OC)c2c(N(C)C)c(CN)c(C)nc12. The van der Waals surface area contributed by atoms with E-state index < -0.39 is 0 Å². The third-order valence-corrected chi connectivity index (χ3v) is 3.43. The number of hydrogen-bond acceptors (Lipinski definition) is 5. The van der Waals surface area contributed by atoms with Gasteiger partial charge in [0.25, 0.3) is 0 Å². The first-order chi connectivity index (χ1) is 9.54. The van der Waals surface area contributed by atoms with E-state index in [4.69, 9.17) is 15.2 Å². The molecule has 0 bridgehead atoms. The van der Waals surface area contributed by atoms with Gasteiger partial charge in [0.2, 0.25) is 0 Å². The van der Waals surface area contributed by atoms with Crippen LogP contribution in [-0.2, 0) is 6.54 Å². The van der Waals surface area contributed by atoms with Crippen molar-refractivity contribution in [1.29, 1.82) is 0 Å². The van der Waals surface area contributed by atoms with Gasteiger partial charge in [-0.2, -0.15) is 0 Å². The summed E-state index contributed by atoms with van der Waals surface area (Å²) >= 11 is 0. The first-order valence-corrected chi connectivity index (χ1v) is 6.46. The normalized spacial score (nSPS) is 10.7. The maximum absolute atomic E-state index is 5.90. The molecule has 20 heavy (non-hydrogen) atoms. The van der Waals surface area contributed by atoms with E-state index in [0.717, 1.165) is 39.3 Å². The monoisotopic (exact) mass is 275 g/mol. The zero-order chi connectivity index (χ0) is 14.9. The van der Waals surface area contributed by atoms with Crippen molar-refractivity contribution in [2.45, 2.75) is 13.5 Å². The largest absolute Gasteiger partial charge is 0.496 e. The summed E-state index contributed by atoms with van der Waals surface area (Å²) in [5.41, 5.74) is 9.67. The molecule has 2 N–H and O–H groups in total. The molecule has 2 aromatic rings. The number of ether oxygens (including phenoxy) is 2. The van der Waals surface area contributed by atoms with Gasteiger partial charge in [0.15, 0.2) is 0 Å². The average Bonchev–Trinajstić information content (AvgIpc) is 2.44. The number of pyridine rings is 1. The summed E-state index contributed by atoms with van der Waals surface area (Å²) in [6, 6.07) is 3.76. The lowest BCUT2D eigenvalue weighted by Crippen LogP contribution is -2.16. The van der Waals surface area contributed by atoms with E-state index in [9.17, 15) is 0 Å². The summed E-state index contributed by atoms with van der Waals surface area (Å²) in [5, 5.41) is 0.933. The van der Waals surface area contributed by atoms with Crippen molar-refractivity contribution in [3.05, 3.63) is 23.4 Å². The highest BCUT2D eigenvalue weighted by Gasteiger charge is 2.19. The standard InChI is InChI=1S/C15H21N3O2/c1-9-10(8-16)15(18(2)3)13-11(19-4)6-7-12(20-5)14(13)17-9/h6-7H,8,16H2,1-5H3. The van der Waals surface area contributed by atoms with Crippen molar-refractivity contribution >= 4 is 16.6 Å². The number of anilines is 1. The molecule has 108 valence electrons. The Morgan fingerprint density at radius 3 is 2.25 bits per heavy atom. The Morgan fingerprint density at radius 1 is 1.15 bits per heavy atom. The second-order valence-corrected chi connectivity index (χ2v) is 4.82. The molecular formula is C15H21N3O2. The van der Waals surface area contributed by atoms with Gasteiger partial charge in [-0.3, -0.25) is 0 Å². The van der Waals surface area contributed by atoms with Crippen LogP contribution >= 0.6 is 0 Å². The van der Waals surface area contributed by atoms with E-state index in [-0.39, 0.29) is 0 Å². The van der Waals surface area contributed by atoms with E-state index in [2.05, 4.69) is 4.98 Å². The molecule has 0 aliphatic heterocycles. The van der Waals surface area contributed by atoms with Crippen LogP contribution in [0.5, 0.6) is 11.5 Å². The minimum absolute atomic E-state index is 0.433. The van der Waals surface area contributed by atoms with Crippen molar-refractivity contribution in [3.63, 3.8) is 0 Å². The predicted octanol–water partition coefficient (Wildman–Crippen LogP) is 2.09. The Morgan fingerprint density at radius 2 is 1.75 bits per heavy atom. The number of nitrogens with two attached hydrogens (primary N) is 1. The third kappa shape index (κ3) is 2.14. The molecule has 0 fully saturated rings. The van der Waals surface area contributed by atoms with Gasteiger partial charge in [0.1, 0.15) is 17.0 Å². The smallest absolute Gasteiger partial charge is 0.145 e. The molecule has 0 amide bonds. The summed E-state index contributed by atoms with van der Waals surface area (Å²) in [7, 11) is 7.28. The van der Waals surface area contributed by atoms with Gasteiger partial charge >= 0.3 is 0 Å². The van der Waals surface area contributed by atoms with Crippen LogP contribution in [0, 0.1) is 6.92 Å². The summed E-state index contributed by atoms with van der Waals surface area (Å²) in [6.45, 7) is 2.40. The molecule has 0 saturated heterocycles. The van der Waals surface area contributed by atoms with Crippen molar-refractivity contribution < 1.29 is 9.47 Å². The number of nitrogens with zero attached hydrogens (tertiary/aromatic N) is 2. The Labute approximate surface area is 119 Å². The van der Waals surface area contributed by atoms with Crippen LogP contribution in [0.2, 0.25) is 0 Å². The van der Waals surface area contributed by atoms with Crippen molar-refractivity contribution in [3.8, 4) is 11.5 Å². The zero-order valence-electron chi connectivity index (χ0n) is 12.7. The number of fused-ring (bicyclic) bond motifs is 1. The maximum atomic E-state index is 5.90. The summed E-state index contributed by atoms with van der Waals surface area (Å²) in [6.07, 6.45) is 0. The second-order valence-electron chi connectivity index (χ2n) is 4.82. The highest BCUT2D eigenvalue weighted by Crippen LogP contribution is 2.40. The highest BCUT2D eigenvalue weighted by molar-refractivity contribution is 6.01. The zero-order valence-corrected chi connectivity index (χ0v) is 12.7. The molecule has 0 aliphatic carbocycles. The number of benzene rings is 1. The molecule has 1 aromatic carbocycles. The fourth-order valence-electron chi connectivity index (χ4n) is 2.52. The van der Waals surface area contributed by atoms with E-state index >= 15 is 0 Å². The van der Waals surface area contributed by atoms with Gasteiger partial charge in [0, 0.05) is 31.9 Å². The lowest BCUT2D eigenvalue weighted by atomic mass is 10.0. The number of methoxy groups -OCH3 is 2. The van der Waals surface area contributed by atoms with Crippen molar-refractivity contribution in [1.82, 2.24) is 4.98 Å². The highest BCUT2D eigenvalue weighted by atomic mass is 16.5. The Hall–Kier alpha value is -2.01. The fraction of sp³-hybridized carbons (Fsp3) is 0.400. The van der Waals surface area contributed by atoms with E-state index in [0.29, 0.717) is 6.54 Å². The van der Waals surface area contributed by atoms with Crippen LogP contribution in [-0.4, -0.2) is 33.3 Å². The molecule has 5 heteroatoms.